The minimum absolute atomic E-state index is 0.444. The zero-order chi connectivity index (χ0) is 6.15. The Morgan fingerprint density at radius 3 is 2.50 bits per heavy atom. The van der Waals surface area contributed by atoms with Crippen LogP contribution < -0.4 is 0 Å². The van der Waals surface area contributed by atoms with E-state index < -0.39 is 0 Å². The minimum atomic E-state index is 0.444. The van der Waals surface area contributed by atoms with Gasteiger partial charge in [-0.15, -0.1) is 0 Å². The van der Waals surface area contributed by atoms with Gasteiger partial charge in [-0.3, -0.25) is 0 Å². The van der Waals surface area contributed by atoms with E-state index in [9.17, 15) is 0 Å². The molecule has 0 amide bonds. The lowest BCUT2D eigenvalue weighted by atomic mass is 9.84. The van der Waals surface area contributed by atoms with Gasteiger partial charge < -0.3 is 0 Å². The summed E-state index contributed by atoms with van der Waals surface area (Å²) in [6.45, 7) is 4.35. The lowest BCUT2D eigenvalue weighted by molar-refractivity contribution is 0.662. The van der Waals surface area contributed by atoms with Crippen molar-refractivity contribution >= 4 is 7.85 Å². The Morgan fingerprint density at radius 1 is 1.75 bits per heavy atom. The molecule has 0 saturated heterocycles. The van der Waals surface area contributed by atoms with Crippen molar-refractivity contribution in [1.82, 2.24) is 0 Å². The normalized spacial score (nSPS) is 39.2. The van der Waals surface area contributed by atoms with E-state index in [0.29, 0.717) is 5.82 Å². The molecule has 1 fully saturated rings. The molecule has 3 atom stereocenters. The summed E-state index contributed by atoms with van der Waals surface area (Å²) in [5, 5.41) is 0. The van der Waals surface area contributed by atoms with E-state index in [4.69, 9.17) is 7.85 Å². The molecule has 1 heteroatoms. The maximum absolute atomic E-state index is 5.66. The Balaban J connectivity index is 2.16. The first-order chi connectivity index (χ1) is 3.75. The third kappa shape index (κ3) is 1.07. The lowest BCUT2D eigenvalue weighted by Gasteiger charge is -1.99. The first-order valence-corrected chi connectivity index (χ1v) is 3.51. The van der Waals surface area contributed by atoms with Gasteiger partial charge in [0.2, 0.25) is 0 Å². The summed E-state index contributed by atoms with van der Waals surface area (Å²) in [6.07, 6.45) is 2.71. The van der Waals surface area contributed by atoms with E-state index >= 15 is 0 Å². The molecule has 0 heterocycles. The third-order valence-corrected chi connectivity index (χ3v) is 2.18. The van der Waals surface area contributed by atoms with Crippen LogP contribution in [0.5, 0.6) is 0 Å². The molecule has 0 aromatic carbocycles. The van der Waals surface area contributed by atoms with Crippen molar-refractivity contribution in [3.63, 3.8) is 0 Å². The molecule has 3 unspecified atom stereocenters. The number of rotatable bonds is 2. The van der Waals surface area contributed by atoms with E-state index in [0.717, 1.165) is 11.8 Å². The SMILES string of the molecule is [B]C(C)C1CC1CC. The van der Waals surface area contributed by atoms with E-state index in [1.807, 2.05) is 0 Å². The molecule has 0 bridgehead atoms. The predicted octanol–water partition coefficient (Wildman–Crippen LogP) is 2.01. The van der Waals surface area contributed by atoms with Gasteiger partial charge in [-0.05, 0) is 18.3 Å². The molecule has 1 aliphatic carbocycles. The molecule has 1 rings (SSSR count). The first kappa shape index (κ1) is 6.19. The fourth-order valence-corrected chi connectivity index (χ4v) is 1.38. The van der Waals surface area contributed by atoms with Gasteiger partial charge in [-0.25, -0.2) is 0 Å². The molecule has 1 aliphatic rings. The molecular formula is C7H13B. The van der Waals surface area contributed by atoms with E-state index in [1.54, 1.807) is 0 Å². The van der Waals surface area contributed by atoms with Crippen LogP contribution in [-0.4, -0.2) is 7.85 Å². The maximum atomic E-state index is 5.66. The second-order valence-corrected chi connectivity index (χ2v) is 2.93. The standard InChI is InChI=1S/C7H13B/c1-3-6-4-7(6)5(2)8/h5-7H,3-4H2,1-2H3. The van der Waals surface area contributed by atoms with Crippen LogP contribution in [0, 0.1) is 11.8 Å². The highest BCUT2D eigenvalue weighted by molar-refractivity contribution is 6.11. The average molecular weight is 108 g/mol. The fourth-order valence-electron chi connectivity index (χ4n) is 1.38. The van der Waals surface area contributed by atoms with Crippen LogP contribution in [0.2, 0.25) is 5.82 Å². The quantitative estimate of drug-likeness (QED) is 0.474. The van der Waals surface area contributed by atoms with Gasteiger partial charge in [-0.1, -0.05) is 26.1 Å². The van der Waals surface area contributed by atoms with Crippen LogP contribution in [0.1, 0.15) is 26.7 Å². The average Bonchev–Trinajstić information content (AvgIpc) is 2.42. The molecule has 2 radical (unpaired) electrons. The molecule has 0 nitrogen and oxygen atoms in total. The monoisotopic (exact) mass is 108 g/mol. The smallest absolute Gasteiger partial charge is 0.0699 e. The highest BCUT2D eigenvalue weighted by atomic mass is 14.4. The summed E-state index contributed by atoms with van der Waals surface area (Å²) < 4.78 is 0. The van der Waals surface area contributed by atoms with Crippen molar-refractivity contribution in [2.24, 2.45) is 11.8 Å². The summed E-state index contributed by atoms with van der Waals surface area (Å²) >= 11 is 0. The van der Waals surface area contributed by atoms with Gasteiger partial charge in [0.15, 0.2) is 0 Å². The molecule has 1 saturated carbocycles. The molecule has 0 spiro atoms. The molecule has 0 aromatic rings. The summed E-state index contributed by atoms with van der Waals surface area (Å²) in [6, 6.07) is 0. The van der Waals surface area contributed by atoms with Crippen LogP contribution in [0.4, 0.5) is 0 Å². The topological polar surface area (TPSA) is 0 Å². The lowest BCUT2D eigenvalue weighted by Crippen LogP contribution is -1.89. The maximum Gasteiger partial charge on any atom is 0.0699 e. The van der Waals surface area contributed by atoms with Crippen molar-refractivity contribution in [2.75, 3.05) is 0 Å². The zero-order valence-electron chi connectivity index (χ0n) is 5.72. The van der Waals surface area contributed by atoms with Crippen LogP contribution in [0.15, 0.2) is 0 Å². The molecule has 0 aromatic heterocycles. The van der Waals surface area contributed by atoms with Gasteiger partial charge >= 0.3 is 0 Å². The van der Waals surface area contributed by atoms with Crippen molar-refractivity contribution in [3.05, 3.63) is 0 Å². The largest absolute Gasteiger partial charge is 0.0771 e. The molecular weight excluding hydrogens is 94.9 g/mol. The van der Waals surface area contributed by atoms with Gasteiger partial charge in [0.25, 0.3) is 0 Å². The number of hydrogen-bond acceptors (Lipinski definition) is 0. The van der Waals surface area contributed by atoms with E-state index in [1.165, 1.54) is 12.8 Å². The van der Waals surface area contributed by atoms with Gasteiger partial charge in [-0.2, -0.15) is 0 Å². The summed E-state index contributed by atoms with van der Waals surface area (Å²) in [5.74, 6) is 2.27. The number of hydrogen-bond donors (Lipinski definition) is 0. The van der Waals surface area contributed by atoms with E-state index in [-0.39, 0.29) is 0 Å². The third-order valence-electron chi connectivity index (χ3n) is 2.18. The molecule has 0 aliphatic heterocycles. The molecule has 44 valence electrons. The van der Waals surface area contributed by atoms with Crippen LogP contribution in [-0.2, 0) is 0 Å². The first-order valence-electron chi connectivity index (χ1n) is 3.51. The highest BCUT2D eigenvalue weighted by Gasteiger charge is 2.36. The molecule has 8 heavy (non-hydrogen) atoms. The summed E-state index contributed by atoms with van der Waals surface area (Å²) in [7, 11) is 5.66. The zero-order valence-corrected chi connectivity index (χ0v) is 5.72. The second-order valence-electron chi connectivity index (χ2n) is 2.93. The second kappa shape index (κ2) is 2.12. The van der Waals surface area contributed by atoms with Gasteiger partial charge in [0.1, 0.15) is 0 Å². The minimum Gasteiger partial charge on any atom is -0.0771 e. The van der Waals surface area contributed by atoms with Gasteiger partial charge in [0, 0.05) is 0 Å². The van der Waals surface area contributed by atoms with Crippen molar-refractivity contribution in [2.45, 2.75) is 32.5 Å². The Bertz CT molecular complexity index is 78.5. The fraction of sp³-hybridized carbons (Fsp3) is 1.00. The summed E-state index contributed by atoms with van der Waals surface area (Å²) in [4.78, 5) is 0. The Hall–Kier alpha value is 0.0649. The van der Waals surface area contributed by atoms with Crippen LogP contribution in [0.25, 0.3) is 0 Å². The summed E-state index contributed by atoms with van der Waals surface area (Å²) in [5.41, 5.74) is 0. The van der Waals surface area contributed by atoms with Crippen molar-refractivity contribution < 1.29 is 0 Å². The van der Waals surface area contributed by atoms with Crippen LogP contribution >= 0.6 is 0 Å². The van der Waals surface area contributed by atoms with Crippen molar-refractivity contribution in [1.29, 1.82) is 0 Å². The Morgan fingerprint density at radius 2 is 2.38 bits per heavy atom. The van der Waals surface area contributed by atoms with Crippen molar-refractivity contribution in [3.8, 4) is 0 Å². The Labute approximate surface area is 53.1 Å². The van der Waals surface area contributed by atoms with Crippen LogP contribution in [0.3, 0.4) is 0 Å². The predicted molar refractivity (Wildman–Crippen MR) is 37.1 cm³/mol. The van der Waals surface area contributed by atoms with E-state index in [2.05, 4.69) is 13.8 Å². The Kier molecular flexibility index (Phi) is 1.64. The van der Waals surface area contributed by atoms with Gasteiger partial charge in [0.05, 0.1) is 7.85 Å². The highest BCUT2D eigenvalue weighted by Crippen LogP contribution is 2.47. The molecule has 0 N–H and O–H groups in total.